The lowest BCUT2D eigenvalue weighted by Gasteiger charge is -2.22. The number of hydrogen-bond acceptors (Lipinski definition) is 3. The average molecular weight is 303 g/mol. The summed E-state index contributed by atoms with van der Waals surface area (Å²) in [5, 5.41) is 18.8. The van der Waals surface area contributed by atoms with E-state index in [9.17, 15) is 14.3 Å². The fraction of sp³-hybridized carbons (Fsp3) is 0.235. The molecule has 0 radical (unpaired) electrons. The van der Waals surface area contributed by atoms with Gasteiger partial charge in [-0.1, -0.05) is 30.3 Å². The van der Waals surface area contributed by atoms with Crippen molar-refractivity contribution < 1.29 is 19.4 Å². The minimum atomic E-state index is -0.605. The molecule has 0 spiro atoms. The maximum Gasteiger partial charge on any atom is 0.257 e. The maximum atomic E-state index is 13.0. The van der Waals surface area contributed by atoms with Crippen LogP contribution < -0.4 is 0 Å². The molecule has 0 aliphatic rings. The molecule has 0 aliphatic heterocycles. The van der Waals surface area contributed by atoms with Gasteiger partial charge in [0, 0.05) is 19.2 Å². The van der Waals surface area contributed by atoms with Crippen molar-refractivity contribution >= 4 is 5.91 Å². The Labute approximate surface area is 128 Å². The Morgan fingerprint density at radius 3 is 2.45 bits per heavy atom. The zero-order valence-corrected chi connectivity index (χ0v) is 12.1. The molecule has 0 aromatic heterocycles. The summed E-state index contributed by atoms with van der Waals surface area (Å²) in [6, 6.07) is 12.9. The molecule has 0 fully saturated rings. The van der Waals surface area contributed by atoms with Gasteiger partial charge in [-0.05, 0) is 24.1 Å². The highest BCUT2D eigenvalue weighted by Gasteiger charge is 2.18. The molecule has 5 heteroatoms. The van der Waals surface area contributed by atoms with Gasteiger partial charge in [0.05, 0.1) is 12.2 Å². The molecule has 2 aromatic rings. The largest absolute Gasteiger partial charge is 0.507 e. The van der Waals surface area contributed by atoms with Crippen molar-refractivity contribution in [2.24, 2.45) is 0 Å². The van der Waals surface area contributed by atoms with Crippen molar-refractivity contribution in [3.05, 3.63) is 65.5 Å². The van der Waals surface area contributed by atoms with Crippen LogP contribution >= 0.6 is 0 Å². The molecule has 0 heterocycles. The fourth-order valence-corrected chi connectivity index (χ4v) is 2.20. The number of carbonyl (C=O) groups is 1. The van der Waals surface area contributed by atoms with Crippen LogP contribution in [0, 0.1) is 5.82 Å². The molecule has 0 atom stereocenters. The first-order chi connectivity index (χ1) is 10.6. The Hall–Kier alpha value is -2.40. The van der Waals surface area contributed by atoms with Crippen molar-refractivity contribution in [2.45, 2.75) is 6.42 Å². The molecule has 0 bridgehead atoms. The Morgan fingerprint density at radius 1 is 1.09 bits per heavy atom. The number of amides is 1. The average Bonchev–Trinajstić information content (AvgIpc) is 2.52. The molecule has 116 valence electrons. The highest BCUT2D eigenvalue weighted by molar-refractivity contribution is 5.96. The number of rotatable bonds is 6. The second kappa shape index (κ2) is 7.56. The number of hydrogen-bond donors (Lipinski definition) is 2. The van der Waals surface area contributed by atoms with E-state index >= 15 is 0 Å². The standard InChI is InChI=1S/C17H18FNO3/c18-14-6-7-15(16(21)12-14)17(22)19(10-11-20)9-8-13-4-2-1-3-5-13/h1-7,12,20-21H,8-11H2. The summed E-state index contributed by atoms with van der Waals surface area (Å²) in [5.41, 5.74) is 1.10. The number of halogens is 1. The van der Waals surface area contributed by atoms with Gasteiger partial charge in [-0.25, -0.2) is 4.39 Å². The van der Waals surface area contributed by atoms with Gasteiger partial charge in [-0.15, -0.1) is 0 Å². The van der Waals surface area contributed by atoms with Crippen LogP contribution in [-0.4, -0.2) is 40.7 Å². The van der Waals surface area contributed by atoms with Crippen molar-refractivity contribution in [3.8, 4) is 5.75 Å². The van der Waals surface area contributed by atoms with Crippen LogP contribution in [0.15, 0.2) is 48.5 Å². The predicted molar refractivity (Wildman–Crippen MR) is 81.2 cm³/mol. The zero-order chi connectivity index (χ0) is 15.9. The molecular weight excluding hydrogens is 285 g/mol. The van der Waals surface area contributed by atoms with Gasteiger partial charge < -0.3 is 15.1 Å². The van der Waals surface area contributed by atoms with Gasteiger partial charge >= 0.3 is 0 Å². The topological polar surface area (TPSA) is 60.8 Å². The van der Waals surface area contributed by atoms with Crippen LogP contribution in [0.2, 0.25) is 0 Å². The van der Waals surface area contributed by atoms with Gasteiger partial charge in [0.2, 0.25) is 0 Å². The van der Waals surface area contributed by atoms with E-state index in [1.807, 2.05) is 30.3 Å². The first kappa shape index (κ1) is 16.0. The number of phenolic OH excluding ortho intramolecular Hbond substituents is 1. The molecule has 2 rings (SSSR count). The number of aromatic hydroxyl groups is 1. The molecule has 0 saturated carbocycles. The van der Waals surface area contributed by atoms with Crippen LogP contribution in [0.25, 0.3) is 0 Å². The van der Waals surface area contributed by atoms with Crippen LogP contribution in [-0.2, 0) is 6.42 Å². The van der Waals surface area contributed by atoms with Gasteiger partial charge in [0.15, 0.2) is 0 Å². The summed E-state index contributed by atoms with van der Waals surface area (Å²) < 4.78 is 13.0. The molecule has 2 N–H and O–H groups in total. The van der Waals surface area contributed by atoms with E-state index in [-0.39, 0.29) is 18.7 Å². The molecule has 1 amide bonds. The van der Waals surface area contributed by atoms with Crippen LogP contribution in [0.4, 0.5) is 4.39 Å². The number of aliphatic hydroxyl groups excluding tert-OH is 1. The summed E-state index contributed by atoms with van der Waals surface area (Å²) in [7, 11) is 0. The fourth-order valence-electron chi connectivity index (χ4n) is 2.20. The lowest BCUT2D eigenvalue weighted by Crippen LogP contribution is -2.35. The number of phenols is 1. The van der Waals surface area contributed by atoms with Gasteiger partial charge in [-0.3, -0.25) is 4.79 Å². The van der Waals surface area contributed by atoms with E-state index in [1.165, 1.54) is 11.0 Å². The first-order valence-corrected chi connectivity index (χ1v) is 7.04. The lowest BCUT2D eigenvalue weighted by atomic mass is 10.1. The SMILES string of the molecule is O=C(c1ccc(F)cc1O)N(CCO)CCc1ccccc1. The van der Waals surface area contributed by atoms with Crippen LogP contribution in [0.1, 0.15) is 15.9 Å². The quantitative estimate of drug-likeness (QED) is 0.860. The Morgan fingerprint density at radius 2 is 1.82 bits per heavy atom. The normalized spacial score (nSPS) is 10.5. The summed E-state index contributed by atoms with van der Waals surface area (Å²) >= 11 is 0. The lowest BCUT2D eigenvalue weighted by molar-refractivity contribution is 0.0721. The molecule has 4 nitrogen and oxygen atoms in total. The van der Waals surface area contributed by atoms with Gasteiger partial charge in [0.25, 0.3) is 5.91 Å². The number of nitrogens with zero attached hydrogens (tertiary/aromatic N) is 1. The number of carbonyl (C=O) groups excluding carboxylic acids is 1. The Kier molecular flexibility index (Phi) is 5.49. The molecule has 2 aromatic carbocycles. The van der Waals surface area contributed by atoms with Crippen molar-refractivity contribution in [1.82, 2.24) is 4.90 Å². The van der Waals surface area contributed by atoms with E-state index in [0.717, 1.165) is 17.7 Å². The summed E-state index contributed by atoms with van der Waals surface area (Å²) in [4.78, 5) is 13.9. The number of benzene rings is 2. The van der Waals surface area contributed by atoms with Crippen LogP contribution in [0.3, 0.4) is 0 Å². The second-order valence-corrected chi connectivity index (χ2v) is 4.91. The van der Waals surface area contributed by atoms with E-state index in [4.69, 9.17) is 5.11 Å². The predicted octanol–water partition coefficient (Wildman–Crippen LogP) is 2.21. The highest BCUT2D eigenvalue weighted by atomic mass is 19.1. The van der Waals surface area contributed by atoms with Crippen molar-refractivity contribution in [2.75, 3.05) is 19.7 Å². The highest BCUT2D eigenvalue weighted by Crippen LogP contribution is 2.20. The third kappa shape index (κ3) is 4.05. The maximum absolute atomic E-state index is 13.0. The van der Waals surface area contributed by atoms with Gasteiger partial charge in [-0.2, -0.15) is 0 Å². The smallest absolute Gasteiger partial charge is 0.257 e. The Bertz CT molecular complexity index is 631. The van der Waals surface area contributed by atoms with Crippen molar-refractivity contribution in [1.29, 1.82) is 0 Å². The third-order valence-corrected chi connectivity index (χ3v) is 3.36. The minimum Gasteiger partial charge on any atom is -0.507 e. The summed E-state index contributed by atoms with van der Waals surface area (Å²) in [6.07, 6.45) is 0.633. The molecule has 22 heavy (non-hydrogen) atoms. The zero-order valence-electron chi connectivity index (χ0n) is 12.1. The first-order valence-electron chi connectivity index (χ1n) is 7.04. The molecule has 0 unspecified atom stereocenters. The van der Waals surface area contributed by atoms with Gasteiger partial charge in [0.1, 0.15) is 11.6 Å². The van der Waals surface area contributed by atoms with Crippen LogP contribution in [0.5, 0.6) is 5.75 Å². The second-order valence-electron chi connectivity index (χ2n) is 4.91. The monoisotopic (exact) mass is 303 g/mol. The van der Waals surface area contributed by atoms with E-state index in [2.05, 4.69) is 0 Å². The van der Waals surface area contributed by atoms with E-state index < -0.39 is 17.5 Å². The Balaban J connectivity index is 2.11. The van der Waals surface area contributed by atoms with E-state index in [0.29, 0.717) is 13.0 Å². The molecular formula is C17H18FNO3. The molecule has 0 saturated heterocycles. The van der Waals surface area contributed by atoms with Crippen molar-refractivity contribution in [3.63, 3.8) is 0 Å². The molecule has 0 aliphatic carbocycles. The summed E-state index contributed by atoms with van der Waals surface area (Å²) in [5.74, 6) is -1.43. The van der Waals surface area contributed by atoms with E-state index in [1.54, 1.807) is 0 Å². The third-order valence-electron chi connectivity index (χ3n) is 3.36. The minimum absolute atomic E-state index is 0.0305. The summed E-state index contributed by atoms with van der Waals surface area (Å²) in [6.45, 7) is 0.380. The number of aliphatic hydroxyl groups is 1.